The summed E-state index contributed by atoms with van der Waals surface area (Å²) in [5.41, 5.74) is 8.92. The highest BCUT2D eigenvalue weighted by Crippen LogP contribution is 2.35. The lowest BCUT2D eigenvalue weighted by molar-refractivity contribution is -0.119. The largest absolute Gasteiger partial charge is 0.366 e. The maximum Gasteiger partial charge on any atom is 0.249 e. The zero-order valence-corrected chi connectivity index (χ0v) is 13.0. The van der Waals surface area contributed by atoms with Gasteiger partial charge in [-0.15, -0.1) is 0 Å². The molecule has 1 aromatic rings. The molecule has 3 rings (SSSR count). The molecule has 2 aliphatic rings. The summed E-state index contributed by atoms with van der Waals surface area (Å²) in [5, 5.41) is 0. The Morgan fingerprint density at radius 3 is 2.73 bits per heavy atom. The van der Waals surface area contributed by atoms with Crippen molar-refractivity contribution in [2.75, 3.05) is 11.4 Å². The summed E-state index contributed by atoms with van der Waals surface area (Å²) in [5.74, 6) is -0.0805. The Hall–Kier alpha value is -2.10. The average Bonchev–Trinajstić information content (AvgIpc) is 3.35. The number of aryl methyl sites for hydroxylation is 1. The molecule has 1 aromatic carbocycles. The molecule has 2 aliphatic carbocycles. The van der Waals surface area contributed by atoms with Crippen LogP contribution in [0.4, 0.5) is 5.69 Å². The summed E-state index contributed by atoms with van der Waals surface area (Å²) < 4.78 is 0. The second kappa shape index (κ2) is 5.95. The number of allylic oxidation sites excluding steroid dienone is 1. The van der Waals surface area contributed by atoms with Crippen molar-refractivity contribution < 1.29 is 9.59 Å². The SMILES string of the molecule is CCCN(C(=O)C1CC1)c1cc2c(c(C(N)=O)c1)C=CCC2. The van der Waals surface area contributed by atoms with Crippen molar-refractivity contribution in [1.82, 2.24) is 0 Å². The van der Waals surface area contributed by atoms with Crippen molar-refractivity contribution in [3.63, 3.8) is 0 Å². The number of nitrogens with zero attached hydrogens (tertiary/aromatic N) is 1. The van der Waals surface area contributed by atoms with Crippen molar-refractivity contribution in [2.45, 2.75) is 39.0 Å². The molecule has 22 heavy (non-hydrogen) atoms. The predicted molar refractivity (Wildman–Crippen MR) is 87.7 cm³/mol. The molecule has 0 aromatic heterocycles. The van der Waals surface area contributed by atoms with E-state index in [1.54, 1.807) is 6.07 Å². The third kappa shape index (κ3) is 2.78. The molecule has 0 radical (unpaired) electrons. The van der Waals surface area contributed by atoms with E-state index in [2.05, 4.69) is 19.1 Å². The number of primary amides is 1. The van der Waals surface area contributed by atoms with E-state index in [0.29, 0.717) is 12.1 Å². The number of hydrogen-bond acceptors (Lipinski definition) is 2. The van der Waals surface area contributed by atoms with Gasteiger partial charge < -0.3 is 10.6 Å². The average molecular weight is 298 g/mol. The highest BCUT2D eigenvalue weighted by molar-refractivity contribution is 6.01. The molecule has 0 spiro atoms. The van der Waals surface area contributed by atoms with Gasteiger partial charge in [0.1, 0.15) is 0 Å². The van der Waals surface area contributed by atoms with Crippen LogP contribution in [0, 0.1) is 5.92 Å². The highest BCUT2D eigenvalue weighted by atomic mass is 16.2. The fourth-order valence-electron chi connectivity index (χ4n) is 3.04. The van der Waals surface area contributed by atoms with Crippen LogP contribution in [0.2, 0.25) is 0 Å². The Morgan fingerprint density at radius 1 is 1.32 bits per heavy atom. The van der Waals surface area contributed by atoms with Gasteiger partial charge in [0.05, 0.1) is 0 Å². The van der Waals surface area contributed by atoms with Gasteiger partial charge in [-0.1, -0.05) is 19.1 Å². The number of carbonyl (C=O) groups is 2. The maximum atomic E-state index is 12.5. The molecule has 0 bridgehead atoms. The number of rotatable bonds is 5. The zero-order chi connectivity index (χ0) is 15.7. The standard InChI is InChI=1S/C18H22N2O2/c1-2-9-20(18(22)12-7-8-12)14-10-13-5-3-4-6-15(13)16(11-14)17(19)21/h4,6,10-12H,2-3,5,7-9H2,1H3,(H2,19,21). The molecule has 4 heteroatoms. The Labute approximate surface area is 131 Å². The number of fused-ring (bicyclic) bond motifs is 1. The van der Waals surface area contributed by atoms with Gasteiger partial charge in [0.15, 0.2) is 0 Å². The fourth-order valence-corrected chi connectivity index (χ4v) is 3.04. The van der Waals surface area contributed by atoms with Gasteiger partial charge >= 0.3 is 0 Å². The third-order valence-electron chi connectivity index (χ3n) is 4.33. The Balaban J connectivity index is 2.04. The van der Waals surface area contributed by atoms with Crippen LogP contribution >= 0.6 is 0 Å². The number of amides is 2. The summed E-state index contributed by atoms with van der Waals surface area (Å²) in [6, 6.07) is 3.84. The van der Waals surface area contributed by atoms with Gasteiger partial charge in [0.2, 0.25) is 11.8 Å². The van der Waals surface area contributed by atoms with Gasteiger partial charge in [0, 0.05) is 23.7 Å². The second-order valence-corrected chi connectivity index (χ2v) is 6.14. The van der Waals surface area contributed by atoms with Crippen LogP contribution in [0.15, 0.2) is 18.2 Å². The predicted octanol–water partition coefficient (Wildman–Crippen LogP) is 2.90. The Morgan fingerprint density at radius 2 is 2.09 bits per heavy atom. The van der Waals surface area contributed by atoms with E-state index in [4.69, 9.17) is 5.73 Å². The van der Waals surface area contributed by atoms with E-state index in [0.717, 1.165) is 48.9 Å². The highest BCUT2D eigenvalue weighted by Gasteiger charge is 2.34. The van der Waals surface area contributed by atoms with Crippen LogP contribution in [0.1, 0.15) is 54.1 Å². The number of hydrogen-bond donors (Lipinski definition) is 1. The van der Waals surface area contributed by atoms with E-state index < -0.39 is 5.91 Å². The summed E-state index contributed by atoms with van der Waals surface area (Å²) >= 11 is 0. The quantitative estimate of drug-likeness (QED) is 0.908. The fraction of sp³-hybridized carbons (Fsp3) is 0.444. The van der Waals surface area contributed by atoms with Crippen LogP contribution in [0.5, 0.6) is 0 Å². The second-order valence-electron chi connectivity index (χ2n) is 6.14. The first-order valence-corrected chi connectivity index (χ1v) is 8.06. The van der Waals surface area contributed by atoms with Gasteiger partial charge in [-0.2, -0.15) is 0 Å². The zero-order valence-electron chi connectivity index (χ0n) is 13.0. The van der Waals surface area contributed by atoms with Crippen LogP contribution in [0.25, 0.3) is 6.08 Å². The van der Waals surface area contributed by atoms with E-state index in [1.807, 2.05) is 11.0 Å². The smallest absolute Gasteiger partial charge is 0.249 e. The number of benzene rings is 1. The lowest BCUT2D eigenvalue weighted by Crippen LogP contribution is -2.33. The number of nitrogens with two attached hydrogens (primary N) is 1. The molecule has 1 saturated carbocycles. The lowest BCUT2D eigenvalue weighted by atomic mass is 9.91. The van der Waals surface area contributed by atoms with E-state index in [-0.39, 0.29) is 11.8 Å². The summed E-state index contributed by atoms with van der Waals surface area (Å²) in [6.07, 6.45) is 8.73. The van der Waals surface area contributed by atoms with Crippen molar-refractivity contribution >= 4 is 23.6 Å². The van der Waals surface area contributed by atoms with Gasteiger partial charge in [-0.25, -0.2) is 0 Å². The van der Waals surface area contributed by atoms with E-state index in [9.17, 15) is 9.59 Å². The van der Waals surface area contributed by atoms with Crippen molar-refractivity contribution in [1.29, 1.82) is 0 Å². The normalized spacial score (nSPS) is 16.2. The van der Waals surface area contributed by atoms with Crippen molar-refractivity contribution in [3.8, 4) is 0 Å². The molecule has 1 fully saturated rings. The minimum absolute atomic E-state index is 0.166. The summed E-state index contributed by atoms with van der Waals surface area (Å²) in [4.78, 5) is 26.2. The molecule has 0 aliphatic heterocycles. The molecule has 0 heterocycles. The van der Waals surface area contributed by atoms with E-state index in [1.165, 1.54) is 0 Å². The van der Waals surface area contributed by atoms with Crippen LogP contribution in [-0.4, -0.2) is 18.4 Å². The summed E-state index contributed by atoms with van der Waals surface area (Å²) in [7, 11) is 0. The topological polar surface area (TPSA) is 63.4 Å². The maximum absolute atomic E-state index is 12.5. The molecule has 2 N–H and O–H groups in total. The first-order chi connectivity index (χ1) is 10.6. The third-order valence-corrected chi connectivity index (χ3v) is 4.33. The lowest BCUT2D eigenvalue weighted by Gasteiger charge is -2.25. The van der Waals surface area contributed by atoms with Crippen molar-refractivity contribution in [3.05, 3.63) is 34.9 Å². The van der Waals surface area contributed by atoms with Crippen LogP contribution in [0.3, 0.4) is 0 Å². The minimum atomic E-state index is -0.431. The molecule has 0 unspecified atom stereocenters. The van der Waals surface area contributed by atoms with Gasteiger partial charge in [0.25, 0.3) is 0 Å². The molecule has 4 nitrogen and oxygen atoms in total. The van der Waals surface area contributed by atoms with Crippen LogP contribution < -0.4 is 10.6 Å². The van der Waals surface area contributed by atoms with Crippen molar-refractivity contribution in [2.24, 2.45) is 11.7 Å². The first-order valence-electron chi connectivity index (χ1n) is 8.06. The van der Waals surface area contributed by atoms with Gasteiger partial charge in [-0.3, -0.25) is 9.59 Å². The molecule has 2 amide bonds. The van der Waals surface area contributed by atoms with E-state index >= 15 is 0 Å². The molecular weight excluding hydrogens is 276 g/mol. The molecular formula is C18H22N2O2. The molecule has 0 saturated heterocycles. The summed E-state index contributed by atoms with van der Waals surface area (Å²) in [6.45, 7) is 2.74. The monoisotopic (exact) mass is 298 g/mol. The number of carbonyl (C=O) groups excluding carboxylic acids is 2. The Bertz CT molecular complexity index is 645. The number of anilines is 1. The Kier molecular flexibility index (Phi) is 4.01. The minimum Gasteiger partial charge on any atom is -0.366 e. The van der Waals surface area contributed by atoms with Gasteiger partial charge in [-0.05, 0) is 55.4 Å². The van der Waals surface area contributed by atoms with Crippen LogP contribution in [-0.2, 0) is 11.2 Å². The molecule has 0 atom stereocenters. The first kappa shape index (κ1) is 14.8. The molecule has 116 valence electrons.